The number of unbranched alkanes of at least 4 members (excludes halogenated alkanes) is 10. The van der Waals surface area contributed by atoms with Gasteiger partial charge in [0.2, 0.25) is 0 Å². The second kappa shape index (κ2) is 43.5. The van der Waals surface area contributed by atoms with E-state index >= 15 is 0 Å². The van der Waals surface area contributed by atoms with Gasteiger partial charge in [0.15, 0.2) is 6.10 Å². The van der Waals surface area contributed by atoms with Crippen molar-refractivity contribution in [2.45, 2.75) is 161 Å². The minimum absolute atomic E-state index is 0.0352. The summed E-state index contributed by atoms with van der Waals surface area (Å²) in [6.45, 7) is 3.97. The molecule has 0 spiro atoms. The van der Waals surface area contributed by atoms with Gasteiger partial charge in [-0.3, -0.25) is 18.6 Å². The molecule has 0 rings (SSSR count). The molecule has 0 aliphatic heterocycles. The molecule has 0 heterocycles. The van der Waals surface area contributed by atoms with Gasteiger partial charge < -0.3 is 19.7 Å². The Morgan fingerprint density at radius 3 is 1.53 bits per heavy atom. The van der Waals surface area contributed by atoms with Crippen LogP contribution in [0.1, 0.15) is 155 Å². The number of carbonyl (C=O) groups excluding carboxylic acids is 2. The standard InChI is InChI=1S/C48H80NO8P/c1-4-6-8-10-12-14-16-18-20-22-23-25-26-28-30-32-34-36-38-40-47(50)54-44-46(45-56-58(52,53)55-43-42-49-3)57-48(51)41-39-37-35-33-31-29-27-24-21-19-17-15-13-11-9-7-5-2/h6,8,12-15,18-21,23,25,28,30,34,36,46,49H,4-5,7,9-11,16-17,22,24,26-27,29,31-33,35,37-45H2,1-3H3,(H,52,53)/b8-6-,14-12-,15-13-,20-18-,21-19-,25-23-,30-28-,36-34-. The van der Waals surface area contributed by atoms with Gasteiger partial charge in [-0.1, -0.05) is 156 Å². The lowest BCUT2D eigenvalue weighted by Gasteiger charge is -2.20. The van der Waals surface area contributed by atoms with Crippen molar-refractivity contribution in [1.82, 2.24) is 5.32 Å². The van der Waals surface area contributed by atoms with Gasteiger partial charge in [0, 0.05) is 19.4 Å². The summed E-state index contributed by atoms with van der Waals surface area (Å²) in [5.74, 6) is -0.923. The van der Waals surface area contributed by atoms with Gasteiger partial charge in [0.1, 0.15) is 6.61 Å². The molecule has 9 nitrogen and oxygen atoms in total. The third-order valence-corrected chi connectivity index (χ3v) is 9.69. The highest BCUT2D eigenvalue weighted by molar-refractivity contribution is 7.47. The van der Waals surface area contributed by atoms with Crippen LogP contribution in [0.4, 0.5) is 0 Å². The van der Waals surface area contributed by atoms with Gasteiger partial charge in [0.05, 0.1) is 13.2 Å². The van der Waals surface area contributed by atoms with E-state index in [1.807, 2.05) is 12.2 Å². The molecule has 10 heteroatoms. The molecule has 0 saturated carbocycles. The zero-order chi connectivity index (χ0) is 42.5. The first-order valence-electron chi connectivity index (χ1n) is 22.2. The molecule has 0 aromatic rings. The molecule has 2 unspecified atom stereocenters. The van der Waals surface area contributed by atoms with Crippen molar-refractivity contribution in [2.75, 3.05) is 33.4 Å². The Morgan fingerprint density at radius 1 is 0.552 bits per heavy atom. The highest BCUT2D eigenvalue weighted by atomic mass is 31.2. The van der Waals surface area contributed by atoms with Crippen molar-refractivity contribution in [2.24, 2.45) is 0 Å². The van der Waals surface area contributed by atoms with Crippen molar-refractivity contribution in [3.8, 4) is 0 Å². The van der Waals surface area contributed by atoms with E-state index in [1.165, 1.54) is 44.9 Å². The SMILES string of the molecule is CC/C=C\C/C=C\C/C=C\C/C=C\C/C=C\C/C=C\CCC(=O)OCC(COP(=O)(O)OCCNC)OC(=O)CCCCCCCCC/C=C\C/C=C\CCCCC. The van der Waals surface area contributed by atoms with Gasteiger partial charge in [-0.2, -0.15) is 0 Å². The molecule has 330 valence electrons. The topological polar surface area (TPSA) is 120 Å². The number of nitrogens with one attached hydrogen (secondary N) is 1. The first-order chi connectivity index (χ1) is 28.3. The highest BCUT2D eigenvalue weighted by Crippen LogP contribution is 2.43. The smallest absolute Gasteiger partial charge is 0.462 e. The van der Waals surface area contributed by atoms with Crippen LogP contribution in [0, 0.1) is 0 Å². The van der Waals surface area contributed by atoms with Gasteiger partial charge in [-0.25, -0.2) is 4.57 Å². The number of hydrogen-bond acceptors (Lipinski definition) is 8. The van der Waals surface area contributed by atoms with Crippen molar-refractivity contribution >= 4 is 19.8 Å². The van der Waals surface area contributed by atoms with Crippen molar-refractivity contribution < 1.29 is 37.6 Å². The van der Waals surface area contributed by atoms with E-state index in [1.54, 1.807) is 7.05 Å². The van der Waals surface area contributed by atoms with Crippen LogP contribution in [-0.4, -0.2) is 56.3 Å². The fourth-order valence-corrected chi connectivity index (χ4v) is 6.12. The molecule has 0 saturated heterocycles. The molecule has 0 aliphatic rings. The van der Waals surface area contributed by atoms with E-state index in [9.17, 15) is 19.0 Å². The molecule has 0 bridgehead atoms. The summed E-state index contributed by atoms with van der Waals surface area (Å²) in [4.78, 5) is 35.1. The summed E-state index contributed by atoms with van der Waals surface area (Å²) in [6, 6.07) is 0. The largest absolute Gasteiger partial charge is 0.472 e. The van der Waals surface area contributed by atoms with Gasteiger partial charge >= 0.3 is 19.8 Å². The summed E-state index contributed by atoms with van der Waals surface area (Å²) >= 11 is 0. The second-order valence-electron chi connectivity index (χ2n) is 14.1. The molecule has 2 atom stereocenters. The maximum absolute atomic E-state index is 12.6. The molecule has 0 aromatic carbocycles. The number of rotatable bonds is 40. The Labute approximate surface area is 353 Å². The third-order valence-electron chi connectivity index (χ3n) is 8.70. The fourth-order valence-electron chi connectivity index (χ4n) is 5.37. The van der Waals surface area contributed by atoms with Crippen LogP contribution in [0.25, 0.3) is 0 Å². The molecular weight excluding hydrogens is 750 g/mol. The Kier molecular flexibility index (Phi) is 41.2. The van der Waals surface area contributed by atoms with Crippen LogP contribution in [-0.2, 0) is 32.7 Å². The minimum atomic E-state index is -4.38. The Hall–Kier alpha value is -3.07. The quantitative estimate of drug-likeness (QED) is 0.0269. The molecule has 0 radical (unpaired) electrons. The first-order valence-corrected chi connectivity index (χ1v) is 23.7. The molecular formula is C48H80NO8P. The number of carbonyl (C=O) groups is 2. The minimum Gasteiger partial charge on any atom is -0.462 e. The van der Waals surface area contributed by atoms with Gasteiger partial charge in [-0.15, -0.1) is 0 Å². The van der Waals surface area contributed by atoms with Crippen LogP contribution in [0.5, 0.6) is 0 Å². The zero-order valence-electron chi connectivity index (χ0n) is 36.5. The summed E-state index contributed by atoms with van der Waals surface area (Å²) in [7, 11) is -2.69. The average molecular weight is 830 g/mol. The van der Waals surface area contributed by atoms with E-state index in [4.69, 9.17) is 18.5 Å². The van der Waals surface area contributed by atoms with Crippen LogP contribution in [0.2, 0.25) is 0 Å². The number of hydrogen-bond donors (Lipinski definition) is 2. The lowest BCUT2D eigenvalue weighted by atomic mass is 10.1. The van der Waals surface area contributed by atoms with Crippen molar-refractivity contribution in [1.29, 1.82) is 0 Å². The van der Waals surface area contributed by atoms with E-state index in [0.717, 1.165) is 70.6 Å². The maximum Gasteiger partial charge on any atom is 0.472 e. The first kappa shape index (κ1) is 54.9. The van der Waals surface area contributed by atoms with Gasteiger partial charge in [-0.05, 0) is 90.5 Å². The average Bonchev–Trinajstić information content (AvgIpc) is 3.21. The molecule has 2 N–H and O–H groups in total. The third kappa shape index (κ3) is 42.5. The number of esters is 2. The Balaban J connectivity index is 4.37. The number of likely N-dealkylation sites (N-methyl/N-ethyl adjacent to an activating group) is 1. The Morgan fingerprint density at radius 2 is 1.02 bits per heavy atom. The van der Waals surface area contributed by atoms with Crippen molar-refractivity contribution in [3.05, 3.63) is 97.2 Å². The van der Waals surface area contributed by atoms with Crippen LogP contribution in [0.3, 0.4) is 0 Å². The van der Waals surface area contributed by atoms with Crippen LogP contribution >= 0.6 is 7.82 Å². The zero-order valence-corrected chi connectivity index (χ0v) is 37.3. The Bertz CT molecular complexity index is 1270. The fraction of sp³-hybridized carbons (Fsp3) is 0.625. The highest BCUT2D eigenvalue weighted by Gasteiger charge is 2.26. The van der Waals surface area contributed by atoms with Crippen molar-refractivity contribution in [3.63, 3.8) is 0 Å². The lowest BCUT2D eigenvalue weighted by molar-refractivity contribution is -0.161. The summed E-state index contributed by atoms with van der Waals surface area (Å²) < 4.78 is 33.1. The monoisotopic (exact) mass is 830 g/mol. The van der Waals surface area contributed by atoms with E-state index in [0.29, 0.717) is 19.4 Å². The predicted molar refractivity (Wildman–Crippen MR) is 243 cm³/mol. The number of phosphoric ester groups is 1. The number of ether oxygens (including phenoxy) is 2. The molecule has 0 amide bonds. The summed E-state index contributed by atoms with van der Waals surface area (Å²) in [6.07, 6.45) is 54.6. The molecule has 58 heavy (non-hydrogen) atoms. The predicted octanol–water partition coefficient (Wildman–Crippen LogP) is 12.9. The summed E-state index contributed by atoms with van der Waals surface area (Å²) in [5.41, 5.74) is 0. The van der Waals surface area contributed by atoms with Gasteiger partial charge in [0.25, 0.3) is 0 Å². The number of phosphoric acid groups is 1. The van der Waals surface area contributed by atoms with Crippen LogP contribution < -0.4 is 5.32 Å². The number of allylic oxidation sites excluding steroid dienone is 16. The second-order valence-corrected chi connectivity index (χ2v) is 15.6. The van der Waals surface area contributed by atoms with E-state index in [2.05, 4.69) is 104 Å². The maximum atomic E-state index is 12.6. The lowest BCUT2D eigenvalue weighted by Crippen LogP contribution is -2.29. The van der Waals surface area contributed by atoms with E-state index in [-0.39, 0.29) is 26.1 Å². The molecule has 0 aromatic heterocycles. The van der Waals surface area contributed by atoms with E-state index < -0.39 is 32.5 Å². The molecule has 0 fully saturated rings. The van der Waals surface area contributed by atoms with Crippen LogP contribution in [0.15, 0.2) is 97.2 Å². The summed E-state index contributed by atoms with van der Waals surface area (Å²) in [5, 5.41) is 2.81. The molecule has 0 aliphatic carbocycles. The normalized spacial score (nSPS) is 14.2.